The molecule has 1 aromatic rings. The summed E-state index contributed by atoms with van der Waals surface area (Å²) in [7, 11) is 0. The van der Waals surface area contributed by atoms with E-state index in [4.69, 9.17) is 0 Å². The van der Waals surface area contributed by atoms with Crippen LogP contribution in [0.2, 0.25) is 0 Å². The van der Waals surface area contributed by atoms with E-state index in [9.17, 15) is 5.26 Å². The van der Waals surface area contributed by atoms with Crippen LogP contribution in [0.5, 0.6) is 0 Å². The molecule has 1 saturated carbocycles. The number of halogens is 1. The van der Waals surface area contributed by atoms with Gasteiger partial charge in [0.1, 0.15) is 0 Å². The molecule has 1 aliphatic rings. The number of aryl methyl sites for hydroxylation is 1. The molecule has 2 heteroatoms. The molecule has 0 aliphatic heterocycles. The van der Waals surface area contributed by atoms with Crippen LogP contribution in [-0.2, 0) is 5.41 Å². The topological polar surface area (TPSA) is 23.8 Å². The highest BCUT2D eigenvalue weighted by atomic mass is 79.9. The minimum atomic E-state index is -0.204. The third kappa shape index (κ3) is 1.36. The molecule has 0 spiro atoms. The SMILES string of the molecule is Cc1ccc(Br)c(C2(C#N)CCC2)c1. The van der Waals surface area contributed by atoms with Crippen LogP contribution >= 0.6 is 15.9 Å². The summed E-state index contributed by atoms with van der Waals surface area (Å²) in [5.74, 6) is 0. The first-order valence-electron chi connectivity index (χ1n) is 4.86. The van der Waals surface area contributed by atoms with Crippen LogP contribution in [-0.4, -0.2) is 0 Å². The summed E-state index contributed by atoms with van der Waals surface area (Å²) in [6.45, 7) is 2.07. The maximum atomic E-state index is 9.23. The zero-order chi connectivity index (χ0) is 10.2. The molecule has 0 N–H and O–H groups in total. The minimum absolute atomic E-state index is 0.204. The Kier molecular flexibility index (Phi) is 2.36. The molecule has 1 aromatic carbocycles. The Morgan fingerprint density at radius 1 is 1.43 bits per heavy atom. The lowest BCUT2D eigenvalue weighted by atomic mass is 9.65. The Morgan fingerprint density at radius 3 is 2.64 bits per heavy atom. The molecular weight excluding hydrogens is 238 g/mol. The van der Waals surface area contributed by atoms with E-state index in [0.29, 0.717) is 0 Å². The Morgan fingerprint density at radius 2 is 2.14 bits per heavy atom. The number of nitriles is 1. The van der Waals surface area contributed by atoms with Gasteiger partial charge in [-0.3, -0.25) is 0 Å². The quantitative estimate of drug-likeness (QED) is 0.745. The van der Waals surface area contributed by atoms with Gasteiger partial charge in [-0.15, -0.1) is 0 Å². The molecular formula is C12H12BrN. The minimum Gasteiger partial charge on any atom is -0.197 e. The largest absolute Gasteiger partial charge is 0.197 e. The Hall–Kier alpha value is -0.810. The van der Waals surface area contributed by atoms with Crippen molar-refractivity contribution in [1.82, 2.24) is 0 Å². The van der Waals surface area contributed by atoms with Gasteiger partial charge in [-0.1, -0.05) is 33.6 Å². The molecule has 0 amide bonds. The van der Waals surface area contributed by atoms with Crippen molar-refractivity contribution in [1.29, 1.82) is 5.26 Å². The molecule has 14 heavy (non-hydrogen) atoms. The van der Waals surface area contributed by atoms with E-state index in [1.807, 2.05) is 6.07 Å². The van der Waals surface area contributed by atoms with Crippen LogP contribution in [0.3, 0.4) is 0 Å². The number of rotatable bonds is 1. The molecule has 2 rings (SSSR count). The maximum Gasteiger partial charge on any atom is 0.0833 e. The van der Waals surface area contributed by atoms with Gasteiger partial charge in [0.15, 0.2) is 0 Å². The standard InChI is InChI=1S/C12H12BrN/c1-9-3-4-11(13)10(7-9)12(8-14)5-2-6-12/h3-4,7H,2,5-6H2,1H3. The first-order chi connectivity index (χ1) is 6.68. The monoisotopic (exact) mass is 249 g/mol. The van der Waals surface area contributed by atoms with Crippen molar-refractivity contribution >= 4 is 15.9 Å². The highest BCUT2D eigenvalue weighted by Gasteiger charge is 2.40. The van der Waals surface area contributed by atoms with E-state index in [1.54, 1.807) is 0 Å². The Bertz CT molecular complexity index is 399. The van der Waals surface area contributed by atoms with Crippen molar-refractivity contribution < 1.29 is 0 Å². The zero-order valence-electron chi connectivity index (χ0n) is 8.18. The van der Waals surface area contributed by atoms with Gasteiger partial charge in [-0.2, -0.15) is 5.26 Å². The summed E-state index contributed by atoms with van der Waals surface area (Å²) in [6, 6.07) is 8.71. The van der Waals surface area contributed by atoms with Crippen LogP contribution in [0.25, 0.3) is 0 Å². The fourth-order valence-corrected chi connectivity index (χ4v) is 2.60. The second kappa shape index (κ2) is 3.40. The van der Waals surface area contributed by atoms with Crippen molar-refractivity contribution in [3.05, 3.63) is 33.8 Å². The van der Waals surface area contributed by atoms with Crippen LogP contribution < -0.4 is 0 Å². The van der Waals surface area contributed by atoms with E-state index in [0.717, 1.165) is 17.3 Å². The number of nitrogens with zero attached hydrogens (tertiary/aromatic N) is 1. The van der Waals surface area contributed by atoms with Gasteiger partial charge in [0.2, 0.25) is 0 Å². The summed E-state index contributed by atoms with van der Waals surface area (Å²) < 4.78 is 1.07. The molecule has 0 heterocycles. The van der Waals surface area contributed by atoms with Gasteiger partial charge in [0.05, 0.1) is 11.5 Å². The summed E-state index contributed by atoms with van der Waals surface area (Å²) >= 11 is 3.53. The second-order valence-electron chi connectivity index (χ2n) is 4.03. The number of hydrogen-bond acceptors (Lipinski definition) is 1. The molecule has 72 valence electrons. The van der Waals surface area contributed by atoms with E-state index in [2.05, 4.69) is 41.1 Å². The molecule has 0 radical (unpaired) electrons. The van der Waals surface area contributed by atoms with Crippen LogP contribution in [0, 0.1) is 18.3 Å². The van der Waals surface area contributed by atoms with Gasteiger partial charge >= 0.3 is 0 Å². The van der Waals surface area contributed by atoms with E-state index < -0.39 is 0 Å². The second-order valence-corrected chi connectivity index (χ2v) is 4.89. The molecule has 0 saturated heterocycles. The molecule has 1 nitrogen and oxygen atoms in total. The van der Waals surface area contributed by atoms with Crippen molar-refractivity contribution in [2.75, 3.05) is 0 Å². The predicted molar refractivity (Wildman–Crippen MR) is 60.0 cm³/mol. The fourth-order valence-electron chi connectivity index (χ4n) is 1.98. The lowest BCUT2D eigenvalue weighted by Gasteiger charge is -2.36. The van der Waals surface area contributed by atoms with Gasteiger partial charge < -0.3 is 0 Å². The van der Waals surface area contributed by atoms with Gasteiger partial charge in [-0.25, -0.2) is 0 Å². The van der Waals surface area contributed by atoms with E-state index >= 15 is 0 Å². The highest BCUT2D eigenvalue weighted by Crippen LogP contribution is 2.45. The molecule has 1 aliphatic carbocycles. The first kappa shape index (κ1) is 9.73. The van der Waals surface area contributed by atoms with Crippen LogP contribution in [0.1, 0.15) is 30.4 Å². The molecule has 1 fully saturated rings. The van der Waals surface area contributed by atoms with Crippen molar-refractivity contribution in [2.24, 2.45) is 0 Å². The molecule has 0 unspecified atom stereocenters. The fraction of sp³-hybridized carbons (Fsp3) is 0.417. The summed E-state index contributed by atoms with van der Waals surface area (Å²) in [5, 5.41) is 9.23. The third-order valence-corrected chi connectivity index (χ3v) is 3.75. The van der Waals surface area contributed by atoms with E-state index in [1.165, 1.54) is 17.5 Å². The third-order valence-electron chi connectivity index (χ3n) is 3.06. The smallest absolute Gasteiger partial charge is 0.0833 e. The van der Waals surface area contributed by atoms with Crippen molar-refractivity contribution in [2.45, 2.75) is 31.6 Å². The lowest BCUT2D eigenvalue weighted by molar-refractivity contribution is 0.322. The van der Waals surface area contributed by atoms with Crippen LogP contribution in [0.4, 0.5) is 0 Å². The van der Waals surface area contributed by atoms with E-state index in [-0.39, 0.29) is 5.41 Å². The summed E-state index contributed by atoms with van der Waals surface area (Å²) in [4.78, 5) is 0. The van der Waals surface area contributed by atoms with Gasteiger partial charge in [-0.05, 0) is 37.8 Å². The van der Waals surface area contributed by atoms with Crippen molar-refractivity contribution in [3.8, 4) is 6.07 Å². The highest BCUT2D eigenvalue weighted by molar-refractivity contribution is 9.10. The molecule has 0 bridgehead atoms. The summed E-state index contributed by atoms with van der Waals surface area (Å²) in [5.41, 5.74) is 2.20. The molecule has 0 aromatic heterocycles. The van der Waals surface area contributed by atoms with Gasteiger partial charge in [0, 0.05) is 4.47 Å². The van der Waals surface area contributed by atoms with Gasteiger partial charge in [0.25, 0.3) is 0 Å². The zero-order valence-corrected chi connectivity index (χ0v) is 9.76. The van der Waals surface area contributed by atoms with Crippen molar-refractivity contribution in [3.63, 3.8) is 0 Å². The maximum absolute atomic E-state index is 9.23. The summed E-state index contributed by atoms with van der Waals surface area (Å²) in [6.07, 6.45) is 3.19. The van der Waals surface area contributed by atoms with Crippen LogP contribution in [0.15, 0.2) is 22.7 Å². The Labute approximate surface area is 92.9 Å². The lowest BCUT2D eigenvalue weighted by Crippen LogP contribution is -2.32. The normalized spacial score (nSPS) is 18.4. The first-order valence-corrected chi connectivity index (χ1v) is 5.65. The number of hydrogen-bond donors (Lipinski definition) is 0. The Balaban J connectivity index is 2.50. The number of benzene rings is 1. The average molecular weight is 250 g/mol. The average Bonchev–Trinajstić information content (AvgIpc) is 2.10. The predicted octanol–water partition coefficient (Wildman–Crippen LogP) is 3.70. The molecule has 0 atom stereocenters.